The summed E-state index contributed by atoms with van der Waals surface area (Å²) in [5, 5.41) is 2.93. The molecule has 6 nitrogen and oxygen atoms in total. The van der Waals surface area contributed by atoms with Crippen LogP contribution in [0.1, 0.15) is 30.1 Å². The fourth-order valence-electron chi connectivity index (χ4n) is 2.60. The van der Waals surface area contributed by atoms with Crippen LogP contribution in [0, 0.1) is 0 Å². The highest BCUT2D eigenvalue weighted by molar-refractivity contribution is 6.00. The van der Waals surface area contributed by atoms with Gasteiger partial charge in [-0.1, -0.05) is 6.07 Å². The molecule has 6 heteroatoms. The van der Waals surface area contributed by atoms with Crippen molar-refractivity contribution in [2.45, 2.75) is 25.8 Å². The Morgan fingerprint density at radius 1 is 1.30 bits per heavy atom. The molecule has 1 heterocycles. The summed E-state index contributed by atoms with van der Waals surface area (Å²) in [5.41, 5.74) is 12.9. The molecule has 2 rings (SSSR count). The van der Waals surface area contributed by atoms with Crippen LogP contribution < -0.4 is 21.7 Å². The number of anilines is 2. The van der Waals surface area contributed by atoms with Crippen molar-refractivity contribution < 1.29 is 9.59 Å². The van der Waals surface area contributed by atoms with Crippen molar-refractivity contribution in [3.8, 4) is 0 Å². The molecule has 0 radical (unpaired) electrons. The maximum Gasteiger partial charge on any atom is 0.250 e. The van der Waals surface area contributed by atoms with Gasteiger partial charge in [-0.15, -0.1) is 0 Å². The molecule has 0 spiro atoms. The predicted molar refractivity (Wildman–Crippen MR) is 78.4 cm³/mol. The van der Waals surface area contributed by atoms with E-state index in [9.17, 15) is 9.59 Å². The van der Waals surface area contributed by atoms with Crippen molar-refractivity contribution in [3.05, 3.63) is 23.8 Å². The average Bonchev–Trinajstić information content (AvgIpc) is 2.39. The van der Waals surface area contributed by atoms with Gasteiger partial charge in [-0.05, 0) is 25.0 Å². The number of hydrogen-bond acceptors (Lipinski definition) is 4. The van der Waals surface area contributed by atoms with Crippen molar-refractivity contribution in [3.63, 3.8) is 0 Å². The number of primary amides is 1. The molecule has 5 N–H and O–H groups in total. The zero-order valence-electron chi connectivity index (χ0n) is 11.6. The number of nitrogens with one attached hydrogen (secondary N) is 1. The van der Waals surface area contributed by atoms with Crippen molar-refractivity contribution in [2.24, 2.45) is 5.73 Å². The Balaban J connectivity index is 2.09. The number of para-hydroxylation sites is 1. The Morgan fingerprint density at radius 3 is 2.50 bits per heavy atom. The van der Waals surface area contributed by atoms with E-state index in [4.69, 9.17) is 11.5 Å². The van der Waals surface area contributed by atoms with E-state index >= 15 is 0 Å². The number of amides is 2. The summed E-state index contributed by atoms with van der Waals surface area (Å²) >= 11 is 0. The Hall–Kier alpha value is -2.24. The second-order valence-electron chi connectivity index (χ2n) is 5.06. The highest BCUT2D eigenvalue weighted by atomic mass is 16.1. The van der Waals surface area contributed by atoms with Crippen LogP contribution in [0.3, 0.4) is 0 Å². The molecule has 0 bridgehead atoms. The highest BCUT2D eigenvalue weighted by Gasteiger charge is 2.22. The molecule has 1 fully saturated rings. The van der Waals surface area contributed by atoms with Gasteiger partial charge in [-0.3, -0.25) is 9.59 Å². The van der Waals surface area contributed by atoms with Crippen molar-refractivity contribution in [1.82, 2.24) is 5.32 Å². The lowest BCUT2D eigenvalue weighted by molar-refractivity contribution is -0.119. The minimum atomic E-state index is -0.516. The first-order valence-corrected chi connectivity index (χ1v) is 6.69. The highest BCUT2D eigenvalue weighted by Crippen LogP contribution is 2.28. The predicted octanol–water partition coefficient (Wildman–Crippen LogP) is 0.473. The quantitative estimate of drug-likeness (QED) is 0.698. The first-order chi connectivity index (χ1) is 9.49. The molecule has 1 aromatic carbocycles. The molecule has 20 heavy (non-hydrogen) atoms. The molecule has 1 aliphatic rings. The lowest BCUT2D eigenvalue weighted by Crippen LogP contribution is -2.44. The van der Waals surface area contributed by atoms with E-state index in [2.05, 4.69) is 10.2 Å². The number of nitrogens with two attached hydrogens (primary N) is 2. The zero-order valence-corrected chi connectivity index (χ0v) is 11.6. The summed E-state index contributed by atoms with van der Waals surface area (Å²) in [7, 11) is 0. The van der Waals surface area contributed by atoms with E-state index in [1.807, 2.05) is 6.07 Å². The van der Waals surface area contributed by atoms with Crippen LogP contribution in [0.5, 0.6) is 0 Å². The van der Waals surface area contributed by atoms with Gasteiger partial charge in [-0.2, -0.15) is 0 Å². The van der Waals surface area contributed by atoms with Gasteiger partial charge < -0.3 is 21.7 Å². The molecule has 1 aromatic rings. The molecule has 2 amide bonds. The van der Waals surface area contributed by atoms with E-state index < -0.39 is 5.91 Å². The molecular formula is C14H20N4O2. The Bertz CT molecular complexity index is 522. The summed E-state index contributed by atoms with van der Waals surface area (Å²) in [4.78, 5) is 24.5. The number of piperidine rings is 1. The molecule has 0 saturated carbocycles. The van der Waals surface area contributed by atoms with E-state index in [1.165, 1.54) is 6.92 Å². The second-order valence-corrected chi connectivity index (χ2v) is 5.06. The van der Waals surface area contributed by atoms with Crippen LogP contribution in [0.4, 0.5) is 11.4 Å². The van der Waals surface area contributed by atoms with E-state index in [1.54, 1.807) is 12.1 Å². The fourth-order valence-corrected chi connectivity index (χ4v) is 2.60. The number of nitrogen functional groups attached to an aromatic ring is 1. The van der Waals surface area contributed by atoms with Crippen LogP contribution in [-0.2, 0) is 4.79 Å². The zero-order chi connectivity index (χ0) is 14.7. The summed E-state index contributed by atoms with van der Waals surface area (Å²) in [5.74, 6) is -0.517. The Morgan fingerprint density at radius 2 is 1.95 bits per heavy atom. The SMILES string of the molecule is CC(=O)NC1CCN(c2cccc(C(N)=O)c2N)CC1. The number of nitrogens with zero attached hydrogens (tertiary/aromatic N) is 1. The van der Waals surface area contributed by atoms with Gasteiger partial charge in [0.2, 0.25) is 5.91 Å². The standard InChI is InChI=1S/C14H20N4O2/c1-9(19)17-10-5-7-18(8-6-10)12-4-2-3-11(13(12)15)14(16)20/h2-4,10H,5-8,15H2,1H3,(H2,16,20)(H,17,19). The van der Waals surface area contributed by atoms with Gasteiger partial charge in [-0.25, -0.2) is 0 Å². The molecule has 108 valence electrons. The lowest BCUT2D eigenvalue weighted by Gasteiger charge is -2.34. The van der Waals surface area contributed by atoms with Crippen LogP contribution in [-0.4, -0.2) is 30.9 Å². The Labute approximate surface area is 118 Å². The third kappa shape index (κ3) is 3.01. The normalized spacial score (nSPS) is 15.9. The van der Waals surface area contributed by atoms with E-state index in [0.717, 1.165) is 31.6 Å². The average molecular weight is 276 g/mol. The summed E-state index contributed by atoms with van der Waals surface area (Å²) in [6, 6.07) is 5.52. The number of carbonyl (C=O) groups excluding carboxylic acids is 2. The smallest absolute Gasteiger partial charge is 0.250 e. The first-order valence-electron chi connectivity index (χ1n) is 6.69. The molecule has 0 atom stereocenters. The van der Waals surface area contributed by atoms with Crippen molar-refractivity contribution >= 4 is 23.2 Å². The number of rotatable bonds is 3. The van der Waals surface area contributed by atoms with E-state index in [-0.39, 0.29) is 11.9 Å². The topological polar surface area (TPSA) is 101 Å². The molecule has 1 saturated heterocycles. The molecule has 1 aliphatic heterocycles. The third-order valence-electron chi connectivity index (χ3n) is 3.59. The van der Waals surface area contributed by atoms with Gasteiger partial charge in [0, 0.05) is 26.1 Å². The van der Waals surface area contributed by atoms with E-state index in [0.29, 0.717) is 11.3 Å². The monoisotopic (exact) mass is 276 g/mol. The second kappa shape index (κ2) is 5.81. The van der Waals surface area contributed by atoms with Crippen LogP contribution in [0.25, 0.3) is 0 Å². The lowest BCUT2D eigenvalue weighted by atomic mass is 10.0. The molecule has 0 unspecified atom stereocenters. The number of benzene rings is 1. The van der Waals surface area contributed by atoms with Gasteiger partial charge in [0.15, 0.2) is 0 Å². The number of carbonyl (C=O) groups is 2. The molecule has 0 aromatic heterocycles. The maximum absolute atomic E-state index is 11.3. The van der Waals surface area contributed by atoms with Gasteiger partial charge in [0.1, 0.15) is 0 Å². The van der Waals surface area contributed by atoms with Gasteiger partial charge in [0.25, 0.3) is 5.91 Å². The third-order valence-corrected chi connectivity index (χ3v) is 3.59. The molecule has 0 aliphatic carbocycles. The summed E-state index contributed by atoms with van der Waals surface area (Å²) < 4.78 is 0. The first kappa shape index (κ1) is 14.2. The van der Waals surface area contributed by atoms with Crippen LogP contribution in [0.15, 0.2) is 18.2 Å². The van der Waals surface area contributed by atoms with Crippen LogP contribution >= 0.6 is 0 Å². The molecular weight excluding hydrogens is 256 g/mol. The fraction of sp³-hybridized carbons (Fsp3) is 0.429. The van der Waals surface area contributed by atoms with Crippen molar-refractivity contribution in [1.29, 1.82) is 0 Å². The summed E-state index contributed by atoms with van der Waals surface area (Å²) in [6.07, 6.45) is 1.72. The minimum absolute atomic E-state index is 0.00121. The van der Waals surface area contributed by atoms with Crippen LogP contribution in [0.2, 0.25) is 0 Å². The largest absolute Gasteiger partial charge is 0.396 e. The van der Waals surface area contributed by atoms with Gasteiger partial charge >= 0.3 is 0 Å². The number of hydrogen-bond donors (Lipinski definition) is 3. The van der Waals surface area contributed by atoms with Crippen molar-refractivity contribution in [2.75, 3.05) is 23.7 Å². The Kier molecular flexibility index (Phi) is 4.12. The minimum Gasteiger partial charge on any atom is -0.396 e. The maximum atomic E-state index is 11.3. The summed E-state index contributed by atoms with van der Waals surface area (Å²) in [6.45, 7) is 3.11. The van der Waals surface area contributed by atoms with Gasteiger partial charge in [0.05, 0.1) is 16.9 Å².